The molecule has 0 fully saturated rings. The highest BCUT2D eigenvalue weighted by molar-refractivity contribution is 9.10. The average Bonchev–Trinajstić information content (AvgIpc) is 2.45. The molecule has 2 nitrogen and oxygen atoms in total. The molecule has 2 rings (SSSR count). The van der Waals surface area contributed by atoms with Gasteiger partial charge in [-0.2, -0.15) is 0 Å². The topological polar surface area (TPSA) is 29.5 Å². The van der Waals surface area contributed by atoms with Crippen LogP contribution >= 0.6 is 15.9 Å². The number of aryl methyl sites for hydroxylation is 1. The van der Waals surface area contributed by atoms with Crippen molar-refractivity contribution in [3.63, 3.8) is 0 Å². The Bertz CT molecular complexity index is 659. The molecule has 1 atom stereocenters. The first kappa shape index (κ1) is 15.9. The number of halogens is 3. The second-order valence-electron chi connectivity index (χ2n) is 4.61. The molecule has 0 aliphatic heterocycles. The monoisotopic (exact) mass is 356 g/mol. The van der Waals surface area contributed by atoms with Gasteiger partial charge in [0.05, 0.1) is 12.2 Å². The highest BCUT2D eigenvalue weighted by Crippen LogP contribution is 2.35. The summed E-state index contributed by atoms with van der Waals surface area (Å²) < 4.78 is 34.2. The van der Waals surface area contributed by atoms with Gasteiger partial charge in [0.1, 0.15) is 23.5 Å². The third-order valence-corrected chi connectivity index (χ3v) is 3.65. The molecule has 0 radical (unpaired) electrons. The second-order valence-corrected chi connectivity index (χ2v) is 5.53. The zero-order chi connectivity index (χ0) is 15.6. The van der Waals surface area contributed by atoms with E-state index in [4.69, 9.17) is 4.74 Å². The molecule has 1 N–H and O–H groups in total. The van der Waals surface area contributed by atoms with Gasteiger partial charge in [-0.1, -0.05) is 22.0 Å². The van der Waals surface area contributed by atoms with Crippen molar-refractivity contribution in [3.8, 4) is 5.75 Å². The molecule has 112 valence electrons. The number of ether oxygens (including phenoxy) is 1. The largest absolute Gasteiger partial charge is 0.493 e. The summed E-state index contributed by atoms with van der Waals surface area (Å²) in [6.45, 7) is 3.71. The van der Waals surface area contributed by atoms with Crippen LogP contribution in [0.3, 0.4) is 0 Å². The van der Waals surface area contributed by atoms with Crippen molar-refractivity contribution in [2.45, 2.75) is 20.0 Å². The van der Waals surface area contributed by atoms with E-state index in [1.54, 1.807) is 25.1 Å². The molecule has 0 bridgehead atoms. The first-order valence-corrected chi connectivity index (χ1v) is 7.29. The van der Waals surface area contributed by atoms with Crippen LogP contribution in [0.5, 0.6) is 5.75 Å². The van der Waals surface area contributed by atoms with Gasteiger partial charge in [0, 0.05) is 10.0 Å². The van der Waals surface area contributed by atoms with Crippen LogP contribution in [0, 0.1) is 18.6 Å². The van der Waals surface area contributed by atoms with E-state index in [2.05, 4.69) is 15.9 Å². The van der Waals surface area contributed by atoms with Crippen molar-refractivity contribution in [3.05, 3.63) is 63.1 Å². The van der Waals surface area contributed by atoms with Gasteiger partial charge in [-0.05, 0) is 43.7 Å². The zero-order valence-electron chi connectivity index (χ0n) is 11.7. The summed E-state index contributed by atoms with van der Waals surface area (Å²) in [4.78, 5) is 0. The number of aliphatic hydroxyl groups excluding tert-OH is 1. The maximum absolute atomic E-state index is 14.2. The van der Waals surface area contributed by atoms with Crippen LogP contribution in [0.1, 0.15) is 29.7 Å². The first-order chi connectivity index (χ1) is 9.95. The molecule has 0 aromatic heterocycles. The van der Waals surface area contributed by atoms with Crippen LogP contribution in [-0.4, -0.2) is 11.7 Å². The van der Waals surface area contributed by atoms with Crippen LogP contribution in [0.15, 0.2) is 34.8 Å². The van der Waals surface area contributed by atoms with Gasteiger partial charge in [-0.15, -0.1) is 0 Å². The van der Waals surface area contributed by atoms with Crippen molar-refractivity contribution < 1.29 is 18.6 Å². The molecular formula is C16H15BrF2O2. The van der Waals surface area contributed by atoms with Crippen molar-refractivity contribution in [1.82, 2.24) is 0 Å². The highest BCUT2D eigenvalue weighted by Gasteiger charge is 2.24. The van der Waals surface area contributed by atoms with E-state index in [9.17, 15) is 13.9 Å². The van der Waals surface area contributed by atoms with E-state index in [-0.39, 0.29) is 11.1 Å². The minimum Gasteiger partial charge on any atom is -0.493 e. The van der Waals surface area contributed by atoms with Crippen LogP contribution in [0.4, 0.5) is 8.78 Å². The zero-order valence-corrected chi connectivity index (χ0v) is 13.2. The van der Waals surface area contributed by atoms with Gasteiger partial charge in [-0.3, -0.25) is 0 Å². The van der Waals surface area contributed by atoms with E-state index >= 15 is 0 Å². The quantitative estimate of drug-likeness (QED) is 0.872. The van der Waals surface area contributed by atoms with Gasteiger partial charge < -0.3 is 9.84 Å². The molecule has 21 heavy (non-hydrogen) atoms. The minimum absolute atomic E-state index is 0.276. The molecule has 0 aliphatic carbocycles. The Morgan fingerprint density at radius 2 is 1.95 bits per heavy atom. The summed E-state index contributed by atoms with van der Waals surface area (Å²) >= 11 is 3.29. The molecule has 2 aromatic carbocycles. The molecule has 1 unspecified atom stereocenters. The van der Waals surface area contributed by atoms with Gasteiger partial charge >= 0.3 is 0 Å². The molecule has 5 heteroatoms. The predicted octanol–water partition coefficient (Wildman–Crippen LogP) is 4.52. The third-order valence-electron chi connectivity index (χ3n) is 3.16. The van der Waals surface area contributed by atoms with E-state index in [0.29, 0.717) is 22.4 Å². The van der Waals surface area contributed by atoms with E-state index in [1.165, 1.54) is 13.0 Å². The van der Waals surface area contributed by atoms with Crippen LogP contribution in [0.25, 0.3) is 0 Å². The maximum Gasteiger partial charge on any atom is 0.135 e. The molecule has 0 aliphatic rings. The minimum atomic E-state index is -1.44. The lowest BCUT2D eigenvalue weighted by Gasteiger charge is -2.18. The number of aliphatic hydroxyl groups is 1. The lowest BCUT2D eigenvalue weighted by molar-refractivity contribution is 0.201. The number of rotatable bonds is 4. The SMILES string of the molecule is CCOc1ccc(Br)cc1C(O)c1c(F)ccc(C)c1F. The average molecular weight is 357 g/mol. The van der Waals surface area contributed by atoms with Crippen LogP contribution in [-0.2, 0) is 0 Å². The fourth-order valence-corrected chi connectivity index (χ4v) is 2.48. The van der Waals surface area contributed by atoms with Crippen molar-refractivity contribution in [2.24, 2.45) is 0 Å². The summed E-state index contributed by atoms with van der Waals surface area (Å²) in [5.41, 5.74) is 0.224. The fraction of sp³-hybridized carbons (Fsp3) is 0.250. The summed E-state index contributed by atoms with van der Waals surface area (Å²) in [5.74, 6) is -1.13. The van der Waals surface area contributed by atoms with Gasteiger partial charge in [-0.25, -0.2) is 8.78 Å². The Balaban J connectivity index is 2.57. The van der Waals surface area contributed by atoms with Crippen molar-refractivity contribution in [2.75, 3.05) is 6.61 Å². The highest BCUT2D eigenvalue weighted by atomic mass is 79.9. The van der Waals surface area contributed by atoms with E-state index in [1.807, 2.05) is 0 Å². The van der Waals surface area contributed by atoms with Crippen LogP contribution in [0.2, 0.25) is 0 Å². The van der Waals surface area contributed by atoms with Gasteiger partial charge in [0.15, 0.2) is 0 Å². The van der Waals surface area contributed by atoms with Crippen molar-refractivity contribution in [1.29, 1.82) is 0 Å². The van der Waals surface area contributed by atoms with E-state index in [0.717, 1.165) is 6.07 Å². The lowest BCUT2D eigenvalue weighted by atomic mass is 9.98. The molecule has 0 saturated heterocycles. The first-order valence-electron chi connectivity index (χ1n) is 6.50. The van der Waals surface area contributed by atoms with Crippen LogP contribution < -0.4 is 4.74 Å². The molecule has 0 spiro atoms. The Kier molecular flexibility index (Phi) is 4.96. The molecule has 2 aromatic rings. The lowest BCUT2D eigenvalue weighted by Crippen LogP contribution is -2.09. The molecule has 0 heterocycles. The fourth-order valence-electron chi connectivity index (χ4n) is 2.10. The van der Waals surface area contributed by atoms with Gasteiger partial charge in [0.2, 0.25) is 0 Å². The molecule has 0 amide bonds. The maximum atomic E-state index is 14.2. The Hall–Kier alpha value is -1.46. The number of hydrogen-bond donors (Lipinski definition) is 1. The standard InChI is InChI=1S/C16H15BrF2O2/c1-3-21-13-7-5-10(17)8-11(13)16(20)14-12(18)6-4-9(2)15(14)19/h4-8,16,20H,3H2,1-2H3. The smallest absolute Gasteiger partial charge is 0.135 e. The normalized spacial score (nSPS) is 12.3. The van der Waals surface area contributed by atoms with Crippen molar-refractivity contribution >= 4 is 15.9 Å². The second kappa shape index (κ2) is 6.54. The number of hydrogen-bond acceptors (Lipinski definition) is 2. The summed E-state index contributed by atoms with van der Waals surface area (Å²) in [6.07, 6.45) is -1.44. The summed E-state index contributed by atoms with van der Waals surface area (Å²) in [5, 5.41) is 10.4. The summed E-state index contributed by atoms with van der Waals surface area (Å²) in [6, 6.07) is 7.47. The molecule has 0 saturated carbocycles. The number of benzene rings is 2. The van der Waals surface area contributed by atoms with Gasteiger partial charge in [0.25, 0.3) is 0 Å². The van der Waals surface area contributed by atoms with E-state index < -0.39 is 17.7 Å². The molecular weight excluding hydrogens is 342 g/mol. The third kappa shape index (κ3) is 3.24. The summed E-state index contributed by atoms with van der Waals surface area (Å²) in [7, 11) is 0. The predicted molar refractivity (Wildman–Crippen MR) is 80.5 cm³/mol. The Labute approximate surface area is 130 Å². The Morgan fingerprint density at radius 1 is 1.24 bits per heavy atom. The Morgan fingerprint density at radius 3 is 2.62 bits per heavy atom.